The highest BCUT2D eigenvalue weighted by Crippen LogP contribution is 2.36. The van der Waals surface area contributed by atoms with Gasteiger partial charge in [-0.2, -0.15) is 0 Å². The number of benzene rings is 1. The molecular weight excluding hydrogens is 376 g/mol. The Balaban J connectivity index is 1.57. The van der Waals surface area contributed by atoms with E-state index in [9.17, 15) is 4.79 Å². The molecule has 6 heteroatoms. The quantitative estimate of drug-likeness (QED) is 0.628. The normalized spacial score (nSPS) is 19.5. The lowest BCUT2D eigenvalue weighted by Crippen LogP contribution is -2.52. The second-order valence-corrected chi connectivity index (χ2v) is 8.38. The predicted molar refractivity (Wildman–Crippen MR) is 116 cm³/mol. The van der Waals surface area contributed by atoms with E-state index in [1.807, 2.05) is 62.8 Å². The topological polar surface area (TPSA) is 62.5 Å². The monoisotopic (exact) mass is 404 g/mol. The van der Waals surface area contributed by atoms with E-state index in [-0.39, 0.29) is 5.91 Å². The van der Waals surface area contributed by atoms with Crippen LogP contribution in [0.25, 0.3) is 11.3 Å². The maximum absolute atomic E-state index is 13.3. The van der Waals surface area contributed by atoms with Crippen molar-refractivity contribution < 1.29 is 9.32 Å². The molecule has 1 aromatic carbocycles. The van der Waals surface area contributed by atoms with Crippen molar-refractivity contribution >= 4 is 5.91 Å². The summed E-state index contributed by atoms with van der Waals surface area (Å²) in [5.74, 6) is 0.906. The number of aromatic nitrogens is 2. The van der Waals surface area contributed by atoms with Crippen LogP contribution in [0, 0.1) is 5.41 Å². The summed E-state index contributed by atoms with van der Waals surface area (Å²) >= 11 is 0. The zero-order chi connectivity index (χ0) is 21.0. The van der Waals surface area contributed by atoms with Gasteiger partial charge in [-0.3, -0.25) is 14.7 Å². The van der Waals surface area contributed by atoms with Gasteiger partial charge in [-0.1, -0.05) is 41.6 Å². The van der Waals surface area contributed by atoms with Crippen molar-refractivity contribution in [2.24, 2.45) is 5.41 Å². The lowest BCUT2D eigenvalue weighted by Gasteiger charge is -2.42. The molecule has 2 aromatic heterocycles. The lowest BCUT2D eigenvalue weighted by atomic mass is 9.75. The van der Waals surface area contributed by atoms with Gasteiger partial charge in [-0.15, -0.1) is 0 Å². The lowest BCUT2D eigenvalue weighted by molar-refractivity contribution is -0.143. The van der Waals surface area contributed by atoms with Crippen LogP contribution in [0.15, 0.2) is 65.4 Å². The SMILES string of the molecule is CN(C)C(=O)C1(Cc2cc(-c3ccccc3)no2)CCCN(Cc2cccnc2)C1. The Morgan fingerprint density at radius 2 is 2.03 bits per heavy atom. The highest BCUT2D eigenvalue weighted by Gasteiger charge is 2.44. The van der Waals surface area contributed by atoms with Crippen LogP contribution < -0.4 is 0 Å². The zero-order valence-electron chi connectivity index (χ0n) is 17.6. The van der Waals surface area contributed by atoms with E-state index in [1.165, 1.54) is 0 Å². The largest absolute Gasteiger partial charge is 0.361 e. The Bertz CT molecular complexity index is 971. The number of amides is 1. The first kappa shape index (κ1) is 20.3. The third-order valence-electron chi connectivity index (χ3n) is 5.79. The average Bonchev–Trinajstić information content (AvgIpc) is 3.23. The third kappa shape index (κ3) is 4.44. The summed E-state index contributed by atoms with van der Waals surface area (Å²) in [7, 11) is 3.67. The number of nitrogens with zero attached hydrogens (tertiary/aromatic N) is 4. The summed E-state index contributed by atoms with van der Waals surface area (Å²) in [6.07, 6.45) is 6.04. The van der Waals surface area contributed by atoms with Crippen molar-refractivity contribution in [3.8, 4) is 11.3 Å². The van der Waals surface area contributed by atoms with Crippen LogP contribution in [0.4, 0.5) is 0 Å². The van der Waals surface area contributed by atoms with Gasteiger partial charge in [0.05, 0.1) is 5.41 Å². The molecule has 0 N–H and O–H groups in total. The molecule has 0 saturated carbocycles. The summed E-state index contributed by atoms with van der Waals surface area (Å²) in [4.78, 5) is 21.6. The fourth-order valence-electron chi connectivity index (χ4n) is 4.46. The zero-order valence-corrected chi connectivity index (χ0v) is 17.6. The Morgan fingerprint density at radius 1 is 1.20 bits per heavy atom. The van der Waals surface area contributed by atoms with Crippen LogP contribution >= 0.6 is 0 Å². The minimum Gasteiger partial charge on any atom is -0.361 e. The molecule has 6 nitrogen and oxygen atoms in total. The fourth-order valence-corrected chi connectivity index (χ4v) is 4.46. The maximum Gasteiger partial charge on any atom is 0.230 e. The molecule has 1 unspecified atom stereocenters. The number of pyridine rings is 1. The molecule has 1 aliphatic heterocycles. The summed E-state index contributed by atoms with van der Waals surface area (Å²) in [6.45, 7) is 2.46. The highest BCUT2D eigenvalue weighted by atomic mass is 16.5. The molecule has 1 atom stereocenters. The Hall–Kier alpha value is -2.99. The molecule has 0 bridgehead atoms. The molecule has 0 spiro atoms. The van der Waals surface area contributed by atoms with E-state index in [0.717, 1.165) is 48.5 Å². The number of piperidine rings is 1. The van der Waals surface area contributed by atoms with Gasteiger partial charge >= 0.3 is 0 Å². The van der Waals surface area contributed by atoms with E-state index in [0.29, 0.717) is 13.0 Å². The van der Waals surface area contributed by atoms with E-state index in [4.69, 9.17) is 4.52 Å². The molecule has 0 radical (unpaired) electrons. The second-order valence-electron chi connectivity index (χ2n) is 8.38. The Morgan fingerprint density at radius 3 is 2.77 bits per heavy atom. The van der Waals surface area contributed by atoms with Gasteiger partial charge in [-0.05, 0) is 31.0 Å². The summed E-state index contributed by atoms with van der Waals surface area (Å²) in [5, 5.41) is 4.25. The number of carbonyl (C=O) groups is 1. The molecule has 4 rings (SSSR count). The molecule has 156 valence electrons. The van der Waals surface area contributed by atoms with Crippen LogP contribution in [0.5, 0.6) is 0 Å². The van der Waals surface area contributed by atoms with Crippen molar-refractivity contribution in [1.29, 1.82) is 0 Å². The minimum absolute atomic E-state index is 0.149. The van der Waals surface area contributed by atoms with Crippen molar-refractivity contribution in [3.05, 3.63) is 72.2 Å². The first-order valence-electron chi connectivity index (χ1n) is 10.4. The van der Waals surface area contributed by atoms with E-state index in [2.05, 4.69) is 21.1 Å². The molecule has 1 amide bonds. The van der Waals surface area contributed by atoms with Crippen LogP contribution in [0.2, 0.25) is 0 Å². The minimum atomic E-state index is -0.516. The molecule has 1 aliphatic rings. The molecular formula is C24H28N4O2. The molecule has 1 saturated heterocycles. The second kappa shape index (κ2) is 8.79. The first-order chi connectivity index (χ1) is 14.6. The Kier molecular flexibility index (Phi) is 5.95. The van der Waals surface area contributed by atoms with E-state index >= 15 is 0 Å². The van der Waals surface area contributed by atoms with Gasteiger partial charge in [-0.25, -0.2) is 0 Å². The summed E-state index contributed by atoms with van der Waals surface area (Å²) in [6, 6.07) is 16.0. The molecule has 1 fully saturated rings. The third-order valence-corrected chi connectivity index (χ3v) is 5.79. The fraction of sp³-hybridized carbons (Fsp3) is 0.375. The number of hydrogen-bond acceptors (Lipinski definition) is 5. The summed E-state index contributed by atoms with van der Waals surface area (Å²) in [5.41, 5.74) is 2.47. The van der Waals surface area contributed by atoms with Crippen molar-refractivity contribution in [1.82, 2.24) is 19.9 Å². The number of likely N-dealkylation sites (tertiary alicyclic amines) is 1. The number of rotatable bonds is 6. The van der Waals surface area contributed by atoms with Crippen molar-refractivity contribution in [2.75, 3.05) is 27.2 Å². The predicted octanol–water partition coefficient (Wildman–Crippen LogP) is 3.65. The smallest absolute Gasteiger partial charge is 0.230 e. The number of carbonyl (C=O) groups excluding carboxylic acids is 1. The Labute approximate surface area is 177 Å². The van der Waals surface area contributed by atoms with Crippen LogP contribution in [0.1, 0.15) is 24.2 Å². The van der Waals surface area contributed by atoms with Gasteiger partial charge in [0.1, 0.15) is 11.5 Å². The number of hydrogen-bond donors (Lipinski definition) is 0. The van der Waals surface area contributed by atoms with Gasteiger partial charge in [0.15, 0.2) is 0 Å². The first-order valence-corrected chi connectivity index (χ1v) is 10.4. The van der Waals surface area contributed by atoms with Gasteiger partial charge in [0.25, 0.3) is 0 Å². The van der Waals surface area contributed by atoms with Crippen molar-refractivity contribution in [2.45, 2.75) is 25.8 Å². The van der Waals surface area contributed by atoms with Crippen LogP contribution in [-0.2, 0) is 17.8 Å². The van der Waals surface area contributed by atoms with Gasteiger partial charge < -0.3 is 9.42 Å². The van der Waals surface area contributed by atoms with Gasteiger partial charge in [0.2, 0.25) is 5.91 Å². The maximum atomic E-state index is 13.3. The molecule has 0 aliphatic carbocycles. The summed E-state index contributed by atoms with van der Waals surface area (Å²) < 4.78 is 5.68. The average molecular weight is 405 g/mol. The molecule has 3 aromatic rings. The van der Waals surface area contributed by atoms with Gasteiger partial charge in [0, 0.05) is 57.6 Å². The molecule has 30 heavy (non-hydrogen) atoms. The molecule has 3 heterocycles. The van der Waals surface area contributed by atoms with E-state index < -0.39 is 5.41 Å². The van der Waals surface area contributed by atoms with Crippen LogP contribution in [0.3, 0.4) is 0 Å². The highest BCUT2D eigenvalue weighted by molar-refractivity contribution is 5.83. The standard InChI is InChI=1S/C24H28N4O2/c1-27(2)23(29)24(11-7-13-28(18-24)17-19-8-6-12-25-16-19)15-21-14-22(26-30-21)20-9-4-3-5-10-20/h3-6,8-10,12,14,16H,7,11,13,15,17-18H2,1-2H3. The van der Waals surface area contributed by atoms with Crippen molar-refractivity contribution in [3.63, 3.8) is 0 Å². The van der Waals surface area contributed by atoms with Crippen LogP contribution in [-0.4, -0.2) is 53.0 Å². The van der Waals surface area contributed by atoms with E-state index in [1.54, 1.807) is 11.1 Å².